The first kappa shape index (κ1) is 18.0. The average Bonchev–Trinajstić information content (AvgIpc) is 2.46. The molecule has 122 valence electrons. The number of nitrogens with one attached hydrogen (secondary N) is 1. The molecule has 2 N–H and O–H groups in total. The monoisotopic (exact) mass is 307 g/mol. The average molecular weight is 307 g/mol. The van der Waals surface area contributed by atoms with Crippen LogP contribution in [-0.4, -0.2) is 29.6 Å². The number of benzene rings is 1. The second-order valence-electron chi connectivity index (χ2n) is 5.62. The number of carbonyl (C=O) groups is 2. The van der Waals surface area contributed by atoms with Crippen molar-refractivity contribution in [1.82, 2.24) is 5.32 Å². The molecule has 0 saturated heterocycles. The molecule has 0 bridgehead atoms. The van der Waals surface area contributed by atoms with Gasteiger partial charge in [-0.3, -0.25) is 4.79 Å². The van der Waals surface area contributed by atoms with Crippen molar-refractivity contribution in [3.63, 3.8) is 0 Å². The van der Waals surface area contributed by atoms with Crippen LogP contribution in [0.2, 0.25) is 0 Å². The Hall–Kier alpha value is -2.04. The maximum Gasteiger partial charge on any atom is 0.326 e. The Labute approximate surface area is 131 Å². The lowest BCUT2D eigenvalue weighted by Crippen LogP contribution is -2.44. The van der Waals surface area contributed by atoms with Gasteiger partial charge in [-0.1, -0.05) is 39.3 Å². The molecule has 0 aromatic heterocycles. The fourth-order valence-electron chi connectivity index (χ4n) is 2.06. The van der Waals surface area contributed by atoms with Gasteiger partial charge in [0.1, 0.15) is 11.8 Å². The Morgan fingerprint density at radius 3 is 2.36 bits per heavy atom. The molecule has 0 heterocycles. The zero-order valence-electron chi connectivity index (χ0n) is 13.5. The number of ether oxygens (including phenoxy) is 1. The van der Waals surface area contributed by atoms with Gasteiger partial charge in [0.2, 0.25) is 5.91 Å². The molecule has 5 heteroatoms. The third-order valence-electron chi connectivity index (χ3n) is 3.31. The first-order chi connectivity index (χ1) is 10.4. The highest BCUT2D eigenvalue weighted by molar-refractivity contribution is 5.83. The van der Waals surface area contributed by atoms with Crippen LogP contribution >= 0.6 is 0 Å². The quantitative estimate of drug-likeness (QED) is 0.735. The van der Waals surface area contributed by atoms with Crippen LogP contribution in [0.15, 0.2) is 24.3 Å². The van der Waals surface area contributed by atoms with E-state index in [1.165, 1.54) is 5.56 Å². The third-order valence-corrected chi connectivity index (χ3v) is 3.31. The molecule has 1 amide bonds. The number of carbonyl (C=O) groups excluding carboxylic acids is 1. The van der Waals surface area contributed by atoms with E-state index in [0.717, 1.165) is 12.8 Å². The molecule has 5 nitrogen and oxygen atoms in total. The minimum absolute atomic E-state index is 0.132. The highest BCUT2D eigenvalue weighted by Crippen LogP contribution is 2.13. The van der Waals surface area contributed by atoms with E-state index in [9.17, 15) is 9.59 Å². The smallest absolute Gasteiger partial charge is 0.326 e. The van der Waals surface area contributed by atoms with Crippen LogP contribution in [0, 0.1) is 5.92 Å². The van der Waals surface area contributed by atoms with E-state index in [-0.39, 0.29) is 24.9 Å². The van der Waals surface area contributed by atoms with E-state index in [0.29, 0.717) is 5.75 Å². The number of hydrogen-bond acceptors (Lipinski definition) is 3. The minimum Gasteiger partial charge on any atom is -0.493 e. The molecule has 0 radical (unpaired) electrons. The van der Waals surface area contributed by atoms with Crippen LogP contribution in [-0.2, 0) is 16.0 Å². The summed E-state index contributed by atoms with van der Waals surface area (Å²) in [5, 5.41) is 11.5. The van der Waals surface area contributed by atoms with Crippen molar-refractivity contribution >= 4 is 11.9 Å². The molecule has 0 saturated carbocycles. The standard InChI is InChI=1S/C17H25NO4/c1-4-5-13-6-8-14(9-7-13)22-11-10-15(19)18-16(12(2)3)17(20)21/h6-9,12,16H,4-5,10-11H2,1-3H3,(H,18,19)(H,20,21). The van der Waals surface area contributed by atoms with Gasteiger partial charge in [-0.15, -0.1) is 0 Å². The van der Waals surface area contributed by atoms with E-state index in [1.807, 2.05) is 24.3 Å². The lowest BCUT2D eigenvalue weighted by Gasteiger charge is -2.17. The number of rotatable bonds is 9. The molecule has 22 heavy (non-hydrogen) atoms. The topological polar surface area (TPSA) is 75.6 Å². The van der Waals surface area contributed by atoms with E-state index in [2.05, 4.69) is 12.2 Å². The molecule has 0 spiro atoms. The maximum absolute atomic E-state index is 11.7. The fourth-order valence-corrected chi connectivity index (χ4v) is 2.06. The number of amides is 1. The molecule has 0 aliphatic heterocycles. The molecular weight excluding hydrogens is 282 g/mol. The van der Waals surface area contributed by atoms with Crippen molar-refractivity contribution in [3.8, 4) is 5.75 Å². The molecule has 1 unspecified atom stereocenters. The summed E-state index contributed by atoms with van der Waals surface area (Å²) in [5.41, 5.74) is 1.26. The van der Waals surface area contributed by atoms with Gasteiger partial charge >= 0.3 is 5.97 Å². The van der Waals surface area contributed by atoms with E-state index >= 15 is 0 Å². The summed E-state index contributed by atoms with van der Waals surface area (Å²) in [4.78, 5) is 22.7. The molecule has 1 atom stereocenters. The van der Waals surface area contributed by atoms with Crippen LogP contribution in [0.3, 0.4) is 0 Å². The molecule has 1 rings (SSSR count). The van der Waals surface area contributed by atoms with Gasteiger partial charge < -0.3 is 15.2 Å². The maximum atomic E-state index is 11.7. The van der Waals surface area contributed by atoms with Gasteiger partial charge in [0.25, 0.3) is 0 Å². The van der Waals surface area contributed by atoms with Crippen molar-refractivity contribution in [2.24, 2.45) is 5.92 Å². The molecular formula is C17H25NO4. The zero-order valence-corrected chi connectivity index (χ0v) is 13.5. The van der Waals surface area contributed by atoms with Gasteiger partial charge in [-0.25, -0.2) is 4.79 Å². The van der Waals surface area contributed by atoms with Gasteiger partial charge in [0.15, 0.2) is 0 Å². The van der Waals surface area contributed by atoms with Crippen LogP contribution in [0.25, 0.3) is 0 Å². The van der Waals surface area contributed by atoms with Gasteiger partial charge in [0, 0.05) is 0 Å². The third kappa shape index (κ3) is 6.16. The van der Waals surface area contributed by atoms with Gasteiger partial charge in [0.05, 0.1) is 13.0 Å². The van der Waals surface area contributed by atoms with Gasteiger partial charge in [-0.2, -0.15) is 0 Å². The highest BCUT2D eigenvalue weighted by atomic mass is 16.5. The Morgan fingerprint density at radius 1 is 1.23 bits per heavy atom. The van der Waals surface area contributed by atoms with Crippen LogP contribution in [0.4, 0.5) is 0 Å². The molecule has 0 aliphatic rings. The van der Waals surface area contributed by atoms with Crippen LogP contribution in [0.1, 0.15) is 39.2 Å². The van der Waals surface area contributed by atoms with E-state index in [1.54, 1.807) is 13.8 Å². The van der Waals surface area contributed by atoms with Crippen molar-refractivity contribution in [3.05, 3.63) is 29.8 Å². The number of aliphatic carboxylic acids is 1. The van der Waals surface area contributed by atoms with E-state index in [4.69, 9.17) is 9.84 Å². The van der Waals surface area contributed by atoms with E-state index < -0.39 is 12.0 Å². The van der Waals surface area contributed by atoms with Crippen LogP contribution < -0.4 is 10.1 Å². The summed E-state index contributed by atoms with van der Waals surface area (Å²) >= 11 is 0. The first-order valence-corrected chi connectivity index (χ1v) is 7.68. The van der Waals surface area contributed by atoms with Crippen molar-refractivity contribution in [2.45, 2.75) is 46.1 Å². The number of carboxylic acid groups (broad SMARTS) is 1. The summed E-state index contributed by atoms with van der Waals surface area (Å²) in [6.07, 6.45) is 2.27. The molecule has 1 aromatic rings. The summed E-state index contributed by atoms with van der Waals surface area (Å²) in [7, 11) is 0. The molecule has 0 aliphatic carbocycles. The Kier molecular flexibility index (Phi) is 7.43. The Morgan fingerprint density at radius 2 is 1.86 bits per heavy atom. The van der Waals surface area contributed by atoms with Crippen molar-refractivity contribution in [2.75, 3.05) is 6.61 Å². The SMILES string of the molecule is CCCc1ccc(OCCC(=O)NC(C(=O)O)C(C)C)cc1. The molecule has 1 aromatic carbocycles. The lowest BCUT2D eigenvalue weighted by atomic mass is 10.0. The summed E-state index contributed by atoms with van der Waals surface area (Å²) in [6, 6.07) is 6.94. The highest BCUT2D eigenvalue weighted by Gasteiger charge is 2.23. The fraction of sp³-hybridized carbons (Fsp3) is 0.529. The van der Waals surface area contributed by atoms with Gasteiger partial charge in [-0.05, 0) is 30.0 Å². The minimum atomic E-state index is -1.02. The second kappa shape index (κ2) is 9.07. The van der Waals surface area contributed by atoms with Crippen molar-refractivity contribution < 1.29 is 19.4 Å². The predicted octanol–water partition coefficient (Wildman–Crippen LogP) is 2.63. The second-order valence-corrected chi connectivity index (χ2v) is 5.62. The summed E-state index contributed by atoms with van der Waals surface area (Å²) in [5.74, 6) is -0.778. The predicted molar refractivity (Wildman–Crippen MR) is 85.0 cm³/mol. The first-order valence-electron chi connectivity index (χ1n) is 7.68. The summed E-state index contributed by atoms with van der Waals surface area (Å²) in [6.45, 7) is 5.87. The van der Waals surface area contributed by atoms with Crippen molar-refractivity contribution in [1.29, 1.82) is 0 Å². The van der Waals surface area contributed by atoms with Crippen LogP contribution in [0.5, 0.6) is 5.75 Å². The summed E-state index contributed by atoms with van der Waals surface area (Å²) < 4.78 is 5.50. The zero-order chi connectivity index (χ0) is 16.5. The molecule has 0 fully saturated rings. The Balaban J connectivity index is 2.36. The number of hydrogen-bond donors (Lipinski definition) is 2. The normalized spacial score (nSPS) is 12.0. The number of aryl methyl sites for hydroxylation is 1. The Bertz CT molecular complexity index is 482. The lowest BCUT2D eigenvalue weighted by molar-refractivity contribution is -0.143. The number of carboxylic acids is 1. The largest absolute Gasteiger partial charge is 0.493 e.